The number of aryl methyl sites for hydroxylation is 2. The number of nitrogens with zero attached hydrogens (tertiary/aromatic N) is 2. The average Bonchev–Trinajstić information content (AvgIpc) is 3.21. The number of hydrogen-bond acceptors (Lipinski definition) is 7. The molecule has 7 nitrogen and oxygen atoms in total. The van der Waals surface area contributed by atoms with Crippen molar-refractivity contribution in [2.45, 2.75) is 37.5 Å². The van der Waals surface area contributed by atoms with Gasteiger partial charge in [0.2, 0.25) is 5.89 Å². The van der Waals surface area contributed by atoms with Crippen LogP contribution >= 0.6 is 11.3 Å². The van der Waals surface area contributed by atoms with Crippen molar-refractivity contribution in [3.63, 3.8) is 0 Å². The van der Waals surface area contributed by atoms with Crippen molar-refractivity contribution >= 4 is 27.3 Å². The molecule has 25 heavy (non-hydrogen) atoms. The van der Waals surface area contributed by atoms with E-state index in [-0.39, 0.29) is 13.2 Å². The Kier molecular flexibility index (Phi) is 5.26. The standard InChI is InChI=1S/C16H20N2O5S2/c1-11-8-17-14(23-11)10-22-16(19)13-4-3-7-18(9-13)25(20,21)15-6-5-12(2)24-15/h5-6,8,13H,3-4,7,9-10H2,1-2H3/t13-/m1/s1. The number of ether oxygens (including phenoxy) is 1. The summed E-state index contributed by atoms with van der Waals surface area (Å²) >= 11 is 1.24. The van der Waals surface area contributed by atoms with Gasteiger partial charge in [0, 0.05) is 18.0 Å². The molecule has 0 saturated carbocycles. The molecule has 0 radical (unpaired) electrons. The van der Waals surface area contributed by atoms with Crippen molar-refractivity contribution < 1.29 is 22.4 Å². The number of piperidine rings is 1. The number of oxazole rings is 1. The fraction of sp³-hybridized carbons (Fsp3) is 0.500. The third-order valence-electron chi connectivity index (χ3n) is 4.03. The summed E-state index contributed by atoms with van der Waals surface area (Å²) in [5, 5.41) is 0. The van der Waals surface area contributed by atoms with Crippen LogP contribution in [0.15, 0.2) is 27.0 Å². The molecule has 0 unspecified atom stereocenters. The normalized spacial score (nSPS) is 19.0. The summed E-state index contributed by atoms with van der Waals surface area (Å²) in [7, 11) is -3.56. The Labute approximate surface area is 150 Å². The lowest BCUT2D eigenvalue weighted by molar-refractivity contribution is -0.151. The van der Waals surface area contributed by atoms with Crippen LogP contribution in [0, 0.1) is 19.8 Å². The summed E-state index contributed by atoms with van der Waals surface area (Å²) in [6.45, 7) is 4.14. The highest BCUT2D eigenvalue weighted by Crippen LogP contribution is 2.28. The first-order valence-electron chi connectivity index (χ1n) is 8.01. The van der Waals surface area contributed by atoms with Gasteiger partial charge in [0.1, 0.15) is 9.97 Å². The van der Waals surface area contributed by atoms with E-state index in [2.05, 4.69) is 4.98 Å². The fourth-order valence-corrected chi connectivity index (χ4v) is 5.71. The fourth-order valence-electron chi connectivity index (χ4n) is 2.75. The highest BCUT2D eigenvalue weighted by Gasteiger charge is 2.34. The second-order valence-electron chi connectivity index (χ2n) is 6.04. The predicted molar refractivity (Wildman–Crippen MR) is 91.6 cm³/mol. The van der Waals surface area contributed by atoms with Gasteiger partial charge >= 0.3 is 5.97 Å². The molecule has 3 heterocycles. The molecule has 1 fully saturated rings. The molecule has 136 valence electrons. The van der Waals surface area contributed by atoms with Crippen LogP contribution in [-0.2, 0) is 26.2 Å². The van der Waals surface area contributed by atoms with Crippen molar-refractivity contribution in [1.29, 1.82) is 0 Å². The average molecular weight is 384 g/mol. The van der Waals surface area contributed by atoms with Gasteiger partial charge < -0.3 is 9.15 Å². The molecule has 1 saturated heterocycles. The molecule has 0 spiro atoms. The summed E-state index contributed by atoms with van der Waals surface area (Å²) in [6.07, 6.45) is 2.79. The van der Waals surface area contributed by atoms with E-state index in [1.165, 1.54) is 15.6 Å². The van der Waals surface area contributed by atoms with Gasteiger partial charge in [-0.2, -0.15) is 4.31 Å². The van der Waals surface area contributed by atoms with Gasteiger partial charge in [-0.3, -0.25) is 4.79 Å². The molecule has 1 aliphatic heterocycles. The van der Waals surface area contributed by atoms with E-state index in [0.717, 1.165) is 4.88 Å². The first-order valence-corrected chi connectivity index (χ1v) is 10.3. The molecule has 9 heteroatoms. The Hall–Kier alpha value is -1.71. The quantitative estimate of drug-likeness (QED) is 0.736. The lowest BCUT2D eigenvalue weighted by atomic mass is 10.0. The number of rotatable bonds is 5. The van der Waals surface area contributed by atoms with Crippen molar-refractivity contribution in [3.05, 3.63) is 34.9 Å². The van der Waals surface area contributed by atoms with Gasteiger partial charge in [-0.25, -0.2) is 13.4 Å². The Bertz CT molecular complexity index is 856. The van der Waals surface area contributed by atoms with E-state index in [1.54, 1.807) is 25.3 Å². The highest BCUT2D eigenvalue weighted by molar-refractivity contribution is 7.91. The molecular weight excluding hydrogens is 364 g/mol. The monoisotopic (exact) mass is 384 g/mol. The second-order valence-corrected chi connectivity index (χ2v) is 9.49. The van der Waals surface area contributed by atoms with Crippen molar-refractivity contribution in [1.82, 2.24) is 9.29 Å². The molecule has 0 aliphatic carbocycles. The van der Waals surface area contributed by atoms with E-state index in [9.17, 15) is 13.2 Å². The highest BCUT2D eigenvalue weighted by atomic mass is 32.2. The van der Waals surface area contributed by atoms with Crippen LogP contribution in [-0.4, -0.2) is 36.8 Å². The zero-order valence-electron chi connectivity index (χ0n) is 14.1. The van der Waals surface area contributed by atoms with E-state index in [0.29, 0.717) is 35.2 Å². The first-order chi connectivity index (χ1) is 11.9. The largest absolute Gasteiger partial charge is 0.455 e. The maximum Gasteiger partial charge on any atom is 0.310 e. The number of thiophene rings is 1. The maximum atomic E-state index is 12.7. The lowest BCUT2D eigenvalue weighted by Crippen LogP contribution is -2.42. The number of hydrogen-bond donors (Lipinski definition) is 0. The summed E-state index contributed by atoms with van der Waals surface area (Å²) in [5.74, 6) is 0.0891. The molecular formula is C16H20N2O5S2. The van der Waals surface area contributed by atoms with Crippen LogP contribution in [0.5, 0.6) is 0 Å². The number of esters is 1. The zero-order chi connectivity index (χ0) is 18.0. The molecule has 1 aliphatic rings. The maximum absolute atomic E-state index is 12.7. The summed E-state index contributed by atoms with van der Waals surface area (Å²) in [5.41, 5.74) is 0. The van der Waals surface area contributed by atoms with Crippen LogP contribution in [0.3, 0.4) is 0 Å². The van der Waals surface area contributed by atoms with Gasteiger partial charge in [-0.05, 0) is 38.8 Å². The Morgan fingerprint density at radius 2 is 2.24 bits per heavy atom. The van der Waals surface area contributed by atoms with E-state index in [4.69, 9.17) is 9.15 Å². The topological polar surface area (TPSA) is 89.7 Å². The van der Waals surface area contributed by atoms with Gasteiger partial charge in [-0.15, -0.1) is 11.3 Å². The van der Waals surface area contributed by atoms with Gasteiger partial charge in [0.15, 0.2) is 6.61 Å². The third-order valence-corrected chi connectivity index (χ3v) is 7.37. The van der Waals surface area contributed by atoms with Gasteiger partial charge in [-0.1, -0.05) is 0 Å². The van der Waals surface area contributed by atoms with E-state index >= 15 is 0 Å². The summed E-state index contributed by atoms with van der Waals surface area (Å²) in [6, 6.07) is 3.40. The Morgan fingerprint density at radius 1 is 1.44 bits per heavy atom. The number of carbonyl (C=O) groups excluding carboxylic acids is 1. The lowest BCUT2D eigenvalue weighted by Gasteiger charge is -2.30. The molecule has 0 amide bonds. The first kappa shape index (κ1) is 18.1. The SMILES string of the molecule is Cc1cnc(COC(=O)[C@@H]2CCCN(S(=O)(=O)c3ccc(C)s3)C2)o1. The van der Waals surface area contributed by atoms with Crippen molar-refractivity contribution in [2.24, 2.45) is 5.92 Å². The molecule has 0 N–H and O–H groups in total. The third kappa shape index (κ3) is 4.10. The minimum Gasteiger partial charge on any atom is -0.455 e. The summed E-state index contributed by atoms with van der Waals surface area (Å²) < 4.78 is 37.6. The molecule has 1 atom stereocenters. The second kappa shape index (κ2) is 7.27. The smallest absolute Gasteiger partial charge is 0.310 e. The molecule has 0 bridgehead atoms. The van der Waals surface area contributed by atoms with Gasteiger partial charge in [0.25, 0.3) is 10.0 Å². The van der Waals surface area contributed by atoms with Crippen LogP contribution < -0.4 is 0 Å². The number of sulfonamides is 1. The Morgan fingerprint density at radius 3 is 2.88 bits per heavy atom. The van der Waals surface area contributed by atoms with Crippen LogP contribution in [0.2, 0.25) is 0 Å². The van der Waals surface area contributed by atoms with E-state index in [1.807, 2.05) is 6.92 Å². The van der Waals surface area contributed by atoms with Crippen LogP contribution in [0.4, 0.5) is 0 Å². The molecule has 0 aromatic carbocycles. The van der Waals surface area contributed by atoms with Gasteiger partial charge in [0.05, 0.1) is 12.1 Å². The zero-order valence-corrected chi connectivity index (χ0v) is 15.7. The van der Waals surface area contributed by atoms with Crippen LogP contribution in [0.1, 0.15) is 29.4 Å². The van der Waals surface area contributed by atoms with Crippen molar-refractivity contribution in [3.8, 4) is 0 Å². The number of carbonyl (C=O) groups is 1. The van der Waals surface area contributed by atoms with Crippen LogP contribution in [0.25, 0.3) is 0 Å². The molecule has 2 aromatic rings. The predicted octanol–water partition coefficient (Wildman–Crippen LogP) is 2.50. The Balaban J connectivity index is 1.63. The summed E-state index contributed by atoms with van der Waals surface area (Å²) in [4.78, 5) is 17.2. The molecule has 3 rings (SSSR count). The number of aromatic nitrogens is 1. The van der Waals surface area contributed by atoms with E-state index < -0.39 is 21.9 Å². The minimum atomic E-state index is -3.56. The molecule has 2 aromatic heterocycles. The van der Waals surface area contributed by atoms with Crippen molar-refractivity contribution in [2.75, 3.05) is 13.1 Å². The minimum absolute atomic E-state index is 0.0416.